The van der Waals surface area contributed by atoms with E-state index in [9.17, 15) is 4.79 Å². The molecule has 1 aliphatic carbocycles. The van der Waals surface area contributed by atoms with Gasteiger partial charge >= 0.3 is 13.1 Å². The number of esters is 1. The maximum absolute atomic E-state index is 12.3. The summed E-state index contributed by atoms with van der Waals surface area (Å²) in [4.78, 5) is 12.3. The van der Waals surface area contributed by atoms with Crippen molar-refractivity contribution in [1.82, 2.24) is 0 Å². The third-order valence-corrected chi connectivity index (χ3v) is 6.48. The van der Waals surface area contributed by atoms with Crippen molar-refractivity contribution in [2.45, 2.75) is 97.1 Å². The second kappa shape index (κ2) is 8.36. The molecule has 0 spiro atoms. The number of rotatable bonds is 4. The first-order chi connectivity index (χ1) is 13.8. The lowest BCUT2D eigenvalue weighted by Crippen LogP contribution is -2.41. The van der Waals surface area contributed by atoms with E-state index >= 15 is 0 Å². The van der Waals surface area contributed by atoms with Crippen molar-refractivity contribution in [3.63, 3.8) is 0 Å². The summed E-state index contributed by atoms with van der Waals surface area (Å²) < 4.78 is 23.9. The fourth-order valence-corrected chi connectivity index (χ4v) is 3.95. The van der Waals surface area contributed by atoms with Gasteiger partial charge in [0.05, 0.1) is 28.2 Å². The van der Waals surface area contributed by atoms with Crippen LogP contribution < -0.4 is 10.2 Å². The van der Waals surface area contributed by atoms with Crippen molar-refractivity contribution >= 4 is 30.2 Å². The average molecular weight is 437 g/mol. The summed E-state index contributed by atoms with van der Waals surface area (Å²) in [6.07, 6.45) is 3.19. The first-order valence-corrected chi connectivity index (χ1v) is 11.2. The van der Waals surface area contributed by atoms with Gasteiger partial charge in [0.2, 0.25) is 0 Å². The summed E-state index contributed by atoms with van der Waals surface area (Å²) in [5.41, 5.74) is -0.366. The molecule has 1 heterocycles. The van der Waals surface area contributed by atoms with Crippen molar-refractivity contribution < 1.29 is 23.6 Å². The van der Waals surface area contributed by atoms with E-state index in [1.807, 2.05) is 66.7 Å². The number of benzene rings is 1. The van der Waals surface area contributed by atoms with Gasteiger partial charge in [0, 0.05) is 0 Å². The zero-order valence-electron chi connectivity index (χ0n) is 19.2. The predicted molar refractivity (Wildman–Crippen MR) is 119 cm³/mol. The second-order valence-electron chi connectivity index (χ2n) is 10.4. The molecule has 0 amide bonds. The molecular formula is C23H34BClO5. The quantitative estimate of drug-likeness (QED) is 0.495. The molecule has 1 aliphatic heterocycles. The summed E-state index contributed by atoms with van der Waals surface area (Å²) in [6, 6.07) is 5.67. The van der Waals surface area contributed by atoms with Crippen molar-refractivity contribution in [3.05, 3.63) is 23.2 Å². The topological polar surface area (TPSA) is 54.0 Å². The molecular weight excluding hydrogens is 403 g/mol. The zero-order chi connectivity index (χ0) is 22.3. The minimum atomic E-state index is -0.453. The molecule has 2 aliphatic rings. The first-order valence-electron chi connectivity index (χ1n) is 10.8. The molecule has 0 radical (unpaired) electrons. The Hall–Kier alpha value is -1.24. The van der Waals surface area contributed by atoms with Gasteiger partial charge in [0.15, 0.2) is 0 Å². The molecule has 166 valence electrons. The highest BCUT2D eigenvalue weighted by molar-refractivity contribution is 6.62. The SMILES string of the molecule is CC(C)(C)OC(=O)[C@H]1CC[C@H](Oc2ccc(B3OC(C)(C)C(C)(C)O3)cc2Cl)CC1. The maximum atomic E-state index is 12.3. The lowest BCUT2D eigenvalue weighted by Gasteiger charge is -2.32. The van der Waals surface area contributed by atoms with Gasteiger partial charge in [0.25, 0.3) is 0 Å². The third kappa shape index (κ3) is 5.32. The van der Waals surface area contributed by atoms with Crippen LogP contribution in [0.2, 0.25) is 5.02 Å². The molecule has 0 atom stereocenters. The highest BCUT2D eigenvalue weighted by atomic mass is 35.5. The number of carbonyl (C=O) groups excluding carboxylic acids is 1. The van der Waals surface area contributed by atoms with Crippen LogP contribution in [-0.4, -0.2) is 36.0 Å². The zero-order valence-corrected chi connectivity index (χ0v) is 20.0. The van der Waals surface area contributed by atoms with Gasteiger partial charge in [-0.15, -0.1) is 0 Å². The largest absolute Gasteiger partial charge is 0.494 e. The van der Waals surface area contributed by atoms with Gasteiger partial charge in [-0.25, -0.2) is 0 Å². The Kier molecular flexibility index (Phi) is 6.53. The van der Waals surface area contributed by atoms with E-state index in [4.69, 9.17) is 30.4 Å². The van der Waals surface area contributed by atoms with Crippen LogP contribution in [-0.2, 0) is 18.8 Å². The summed E-state index contributed by atoms with van der Waals surface area (Å²) in [5.74, 6) is 0.494. The minimum Gasteiger partial charge on any atom is -0.489 e. The van der Waals surface area contributed by atoms with E-state index in [2.05, 4.69) is 0 Å². The third-order valence-electron chi connectivity index (χ3n) is 6.19. The number of hydrogen-bond donors (Lipinski definition) is 0. The fraction of sp³-hybridized carbons (Fsp3) is 0.696. The van der Waals surface area contributed by atoms with E-state index in [-0.39, 0.29) is 18.0 Å². The molecule has 3 rings (SSSR count). The molecule has 1 aromatic carbocycles. The Labute approximate surface area is 185 Å². The molecule has 7 heteroatoms. The van der Waals surface area contributed by atoms with Gasteiger partial charge < -0.3 is 18.8 Å². The average Bonchev–Trinajstić information content (AvgIpc) is 2.83. The summed E-state index contributed by atoms with van der Waals surface area (Å²) in [7, 11) is -0.453. The van der Waals surface area contributed by atoms with Gasteiger partial charge in [-0.3, -0.25) is 4.79 Å². The number of ether oxygens (including phenoxy) is 2. The van der Waals surface area contributed by atoms with Crippen LogP contribution >= 0.6 is 11.6 Å². The molecule has 0 aromatic heterocycles. The van der Waals surface area contributed by atoms with E-state index in [0.717, 1.165) is 31.1 Å². The van der Waals surface area contributed by atoms with Crippen molar-refractivity contribution in [3.8, 4) is 5.75 Å². The van der Waals surface area contributed by atoms with Gasteiger partial charge in [0.1, 0.15) is 11.4 Å². The van der Waals surface area contributed by atoms with Crippen LogP contribution in [0.4, 0.5) is 0 Å². The lowest BCUT2D eigenvalue weighted by atomic mass is 9.79. The van der Waals surface area contributed by atoms with Gasteiger partial charge in [-0.1, -0.05) is 17.7 Å². The molecule has 1 aromatic rings. The second-order valence-corrected chi connectivity index (χ2v) is 10.8. The summed E-state index contributed by atoms with van der Waals surface area (Å²) in [6.45, 7) is 13.8. The predicted octanol–water partition coefficient (Wildman–Crippen LogP) is 4.92. The van der Waals surface area contributed by atoms with E-state index in [1.54, 1.807) is 0 Å². The van der Waals surface area contributed by atoms with Crippen LogP contribution in [0.1, 0.15) is 74.1 Å². The Morgan fingerprint density at radius 2 is 1.63 bits per heavy atom. The van der Waals surface area contributed by atoms with Crippen molar-refractivity contribution in [2.75, 3.05) is 0 Å². The van der Waals surface area contributed by atoms with Crippen molar-refractivity contribution in [1.29, 1.82) is 0 Å². The molecule has 5 nitrogen and oxygen atoms in total. The minimum absolute atomic E-state index is 0.0453. The van der Waals surface area contributed by atoms with Crippen LogP contribution in [0.3, 0.4) is 0 Å². The first kappa shape index (κ1) is 23.4. The molecule has 0 N–H and O–H groups in total. The highest BCUT2D eigenvalue weighted by Gasteiger charge is 2.51. The molecule has 0 bridgehead atoms. The number of hydrogen-bond acceptors (Lipinski definition) is 5. The molecule has 2 fully saturated rings. The maximum Gasteiger partial charge on any atom is 0.494 e. The standard InChI is InChI=1S/C23H34BClO5/c1-21(2,3)28-20(26)15-8-11-17(12-9-15)27-19-13-10-16(14-18(19)25)24-29-22(4,5)23(6,7)30-24/h10,13-15,17H,8-9,11-12H2,1-7H3/t15-,17-. The van der Waals surface area contributed by atoms with Crippen LogP contribution in [0.5, 0.6) is 5.75 Å². The van der Waals surface area contributed by atoms with E-state index < -0.39 is 23.9 Å². The molecule has 30 heavy (non-hydrogen) atoms. The van der Waals surface area contributed by atoms with Crippen LogP contribution in [0, 0.1) is 5.92 Å². The van der Waals surface area contributed by atoms with Gasteiger partial charge in [-0.05, 0) is 91.7 Å². The fourth-order valence-electron chi connectivity index (χ4n) is 3.72. The Morgan fingerprint density at radius 1 is 1.07 bits per heavy atom. The Morgan fingerprint density at radius 3 is 2.13 bits per heavy atom. The summed E-state index contributed by atoms with van der Waals surface area (Å²) in [5, 5.41) is 0.538. The molecule has 0 unspecified atom stereocenters. The smallest absolute Gasteiger partial charge is 0.489 e. The molecule has 1 saturated carbocycles. The number of carbonyl (C=O) groups is 1. The van der Waals surface area contributed by atoms with Crippen molar-refractivity contribution in [2.24, 2.45) is 5.92 Å². The number of halogens is 1. The monoisotopic (exact) mass is 436 g/mol. The Balaban J connectivity index is 1.57. The summed E-state index contributed by atoms with van der Waals surface area (Å²) >= 11 is 6.51. The van der Waals surface area contributed by atoms with Gasteiger partial charge in [-0.2, -0.15) is 0 Å². The van der Waals surface area contributed by atoms with E-state index in [0.29, 0.717) is 10.8 Å². The highest BCUT2D eigenvalue weighted by Crippen LogP contribution is 2.37. The molecule has 1 saturated heterocycles. The Bertz CT molecular complexity index is 762. The van der Waals surface area contributed by atoms with Crippen LogP contribution in [0.25, 0.3) is 0 Å². The van der Waals surface area contributed by atoms with Crippen LogP contribution in [0.15, 0.2) is 18.2 Å². The normalized spacial score (nSPS) is 25.8. The van der Waals surface area contributed by atoms with E-state index in [1.165, 1.54) is 0 Å². The lowest BCUT2D eigenvalue weighted by molar-refractivity contribution is -0.161.